The maximum atomic E-state index is 5.93. The normalized spacial score (nSPS) is 15.8. The standard InChI is InChI=1S/C15H12N4O3/c1-20-15-17-14-12(18-19-15)9-5-2-3-6-10(9)16-13(22-14)11-7-4-8-21-11/h2-8,13,16H,1H3. The molecular formula is C15H12N4O3. The minimum atomic E-state index is -0.515. The van der Waals surface area contributed by atoms with E-state index in [0.717, 1.165) is 11.3 Å². The highest BCUT2D eigenvalue weighted by molar-refractivity contribution is 5.79. The van der Waals surface area contributed by atoms with Crippen LogP contribution in [0.4, 0.5) is 5.69 Å². The number of ether oxygens (including phenoxy) is 2. The molecule has 0 saturated heterocycles. The number of nitrogens with zero attached hydrogens (tertiary/aromatic N) is 3. The van der Waals surface area contributed by atoms with E-state index in [-0.39, 0.29) is 6.01 Å². The molecule has 1 aliphatic heterocycles. The van der Waals surface area contributed by atoms with Crippen LogP contribution < -0.4 is 14.8 Å². The summed E-state index contributed by atoms with van der Waals surface area (Å²) >= 11 is 0. The Bertz CT molecular complexity index is 804. The zero-order valence-corrected chi connectivity index (χ0v) is 11.7. The number of fused-ring (bicyclic) bond motifs is 3. The van der Waals surface area contributed by atoms with Crippen molar-refractivity contribution in [2.45, 2.75) is 6.23 Å². The molecule has 22 heavy (non-hydrogen) atoms. The van der Waals surface area contributed by atoms with Gasteiger partial charge in [-0.05, 0) is 18.2 Å². The molecule has 1 aromatic carbocycles. The van der Waals surface area contributed by atoms with Crippen LogP contribution in [0, 0.1) is 0 Å². The quantitative estimate of drug-likeness (QED) is 0.778. The molecule has 0 saturated carbocycles. The van der Waals surface area contributed by atoms with Gasteiger partial charge in [-0.25, -0.2) is 0 Å². The Labute approximate surface area is 125 Å². The highest BCUT2D eigenvalue weighted by atomic mass is 16.5. The predicted octanol–water partition coefficient (Wildman–Crippen LogP) is 2.64. The molecule has 0 fully saturated rings. The summed E-state index contributed by atoms with van der Waals surface area (Å²) in [4.78, 5) is 4.25. The van der Waals surface area contributed by atoms with Gasteiger partial charge in [0.2, 0.25) is 12.1 Å². The fraction of sp³-hybridized carbons (Fsp3) is 0.133. The third-order valence-corrected chi connectivity index (χ3v) is 3.32. The van der Waals surface area contributed by atoms with Gasteiger partial charge in [-0.2, -0.15) is 4.98 Å². The summed E-state index contributed by atoms with van der Waals surface area (Å²) in [5.74, 6) is 0.978. The first kappa shape index (κ1) is 12.6. The van der Waals surface area contributed by atoms with Gasteiger partial charge in [-0.3, -0.25) is 0 Å². The van der Waals surface area contributed by atoms with Crippen LogP contribution in [0.25, 0.3) is 11.3 Å². The van der Waals surface area contributed by atoms with E-state index in [1.54, 1.807) is 12.3 Å². The van der Waals surface area contributed by atoms with Crippen LogP contribution in [0.15, 0.2) is 47.1 Å². The van der Waals surface area contributed by atoms with Gasteiger partial charge in [0, 0.05) is 11.3 Å². The number of methoxy groups -OCH3 is 1. The molecule has 3 aromatic rings. The summed E-state index contributed by atoms with van der Waals surface area (Å²) in [7, 11) is 1.48. The van der Waals surface area contributed by atoms with Crippen LogP contribution in [0.2, 0.25) is 0 Å². The van der Waals surface area contributed by atoms with Crippen LogP contribution >= 0.6 is 0 Å². The van der Waals surface area contributed by atoms with Crippen molar-refractivity contribution >= 4 is 5.69 Å². The van der Waals surface area contributed by atoms with Gasteiger partial charge < -0.3 is 19.2 Å². The average molecular weight is 296 g/mol. The van der Waals surface area contributed by atoms with E-state index in [0.29, 0.717) is 17.3 Å². The smallest absolute Gasteiger partial charge is 0.338 e. The minimum absolute atomic E-state index is 0.149. The summed E-state index contributed by atoms with van der Waals surface area (Å²) in [6.45, 7) is 0. The number of furan rings is 1. The van der Waals surface area contributed by atoms with Gasteiger partial charge in [-0.15, -0.1) is 5.10 Å². The lowest BCUT2D eigenvalue weighted by Crippen LogP contribution is -2.16. The number of anilines is 1. The van der Waals surface area contributed by atoms with E-state index in [1.165, 1.54) is 7.11 Å². The van der Waals surface area contributed by atoms with Gasteiger partial charge in [0.15, 0.2) is 11.5 Å². The molecule has 3 heterocycles. The van der Waals surface area contributed by atoms with Crippen molar-refractivity contribution < 1.29 is 13.9 Å². The molecule has 110 valence electrons. The van der Waals surface area contributed by atoms with Crippen LogP contribution in [0.3, 0.4) is 0 Å². The first-order chi connectivity index (χ1) is 10.8. The number of rotatable bonds is 2. The zero-order valence-electron chi connectivity index (χ0n) is 11.7. The van der Waals surface area contributed by atoms with Crippen molar-refractivity contribution in [2.24, 2.45) is 0 Å². The molecule has 7 heteroatoms. The lowest BCUT2D eigenvalue weighted by molar-refractivity contribution is 0.194. The van der Waals surface area contributed by atoms with E-state index in [2.05, 4.69) is 20.5 Å². The SMILES string of the molecule is COc1nnc2c(n1)OC(c1ccco1)Nc1ccccc1-2. The van der Waals surface area contributed by atoms with Crippen LogP contribution in [0.5, 0.6) is 11.9 Å². The molecule has 4 rings (SSSR count). The van der Waals surface area contributed by atoms with Gasteiger partial charge in [0.25, 0.3) is 0 Å². The maximum Gasteiger partial charge on any atom is 0.338 e. The third kappa shape index (κ3) is 2.03. The van der Waals surface area contributed by atoms with Crippen molar-refractivity contribution in [2.75, 3.05) is 12.4 Å². The first-order valence-electron chi connectivity index (χ1n) is 6.70. The van der Waals surface area contributed by atoms with E-state index in [1.807, 2.05) is 30.3 Å². The molecule has 0 amide bonds. The Kier molecular flexibility index (Phi) is 2.89. The fourth-order valence-corrected chi connectivity index (χ4v) is 2.30. The highest BCUT2D eigenvalue weighted by Crippen LogP contribution is 2.39. The van der Waals surface area contributed by atoms with Crippen LogP contribution in [-0.4, -0.2) is 22.3 Å². The number of nitrogens with one attached hydrogen (secondary N) is 1. The largest absolute Gasteiger partial charge is 0.466 e. The summed E-state index contributed by atoms with van der Waals surface area (Å²) in [6, 6.07) is 11.5. The molecule has 0 bridgehead atoms. The first-order valence-corrected chi connectivity index (χ1v) is 6.70. The molecule has 2 aromatic heterocycles. The van der Waals surface area contributed by atoms with Gasteiger partial charge in [0.1, 0.15) is 0 Å². The van der Waals surface area contributed by atoms with Crippen molar-refractivity contribution in [3.05, 3.63) is 48.4 Å². The maximum absolute atomic E-state index is 5.93. The summed E-state index contributed by atoms with van der Waals surface area (Å²) < 4.78 is 16.4. The van der Waals surface area contributed by atoms with Crippen molar-refractivity contribution in [3.8, 4) is 23.1 Å². The Morgan fingerprint density at radius 2 is 2.05 bits per heavy atom. The second kappa shape index (κ2) is 5.03. The van der Waals surface area contributed by atoms with Crippen LogP contribution in [0.1, 0.15) is 12.0 Å². The number of hydrogen-bond donors (Lipinski definition) is 1. The summed E-state index contributed by atoms with van der Waals surface area (Å²) in [5.41, 5.74) is 2.27. The molecule has 0 aliphatic carbocycles. The number of hydrogen-bond acceptors (Lipinski definition) is 7. The van der Waals surface area contributed by atoms with Crippen molar-refractivity contribution in [3.63, 3.8) is 0 Å². The van der Waals surface area contributed by atoms with E-state index in [4.69, 9.17) is 13.9 Å². The molecule has 0 spiro atoms. The van der Waals surface area contributed by atoms with Gasteiger partial charge >= 0.3 is 6.01 Å². The lowest BCUT2D eigenvalue weighted by atomic mass is 10.1. The molecular weight excluding hydrogens is 284 g/mol. The van der Waals surface area contributed by atoms with Crippen molar-refractivity contribution in [1.82, 2.24) is 15.2 Å². The zero-order chi connectivity index (χ0) is 14.9. The van der Waals surface area contributed by atoms with Gasteiger partial charge in [0.05, 0.1) is 13.4 Å². The summed E-state index contributed by atoms with van der Waals surface area (Å²) in [6.07, 6.45) is 1.08. The highest BCUT2D eigenvalue weighted by Gasteiger charge is 2.27. The molecule has 1 unspecified atom stereocenters. The van der Waals surface area contributed by atoms with Crippen molar-refractivity contribution in [1.29, 1.82) is 0 Å². The number of aromatic nitrogens is 3. The average Bonchev–Trinajstić information content (AvgIpc) is 3.04. The Morgan fingerprint density at radius 1 is 1.14 bits per heavy atom. The monoisotopic (exact) mass is 296 g/mol. The molecule has 1 aliphatic rings. The van der Waals surface area contributed by atoms with E-state index in [9.17, 15) is 0 Å². The third-order valence-electron chi connectivity index (χ3n) is 3.32. The minimum Gasteiger partial charge on any atom is -0.466 e. The van der Waals surface area contributed by atoms with E-state index >= 15 is 0 Å². The number of para-hydroxylation sites is 1. The lowest BCUT2D eigenvalue weighted by Gasteiger charge is -2.16. The Balaban J connectivity index is 1.88. The predicted molar refractivity (Wildman–Crippen MR) is 77.5 cm³/mol. The Morgan fingerprint density at radius 3 is 2.86 bits per heavy atom. The molecule has 1 atom stereocenters. The summed E-state index contributed by atoms with van der Waals surface area (Å²) in [5, 5.41) is 11.4. The second-order valence-electron chi connectivity index (χ2n) is 4.66. The molecule has 0 radical (unpaired) electrons. The van der Waals surface area contributed by atoms with Crippen LogP contribution in [-0.2, 0) is 0 Å². The second-order valence-corrected chi connectivity index (χ2v) is 4.66. The van der Waals surface area contributed by atoms with E-state index < -0.39 is 6.23 Å². The Hall–Kier alpha value is -3.09. The number of benzene rings is 1. The van der Waals surface area contributed by atoms with Gasteiger partial charge in [-0.1, -0.05) is 23.3 Å². The topological polar surface area (TPSA) is 82.3 Å². The molecule has 1 N–H and O–H groups in total. The fourth-order valence-electron chi connectivity index (χ4n) is 2.30. The molecule has 7 nitrogen and oxygen atoms in total.